The van der Waals surface area contributed by atoms with Gasteiger partial charge in [0.05, 0.1) is 10.6 Å². The normalized spacial score (nSPS) is 15.4. The lowest BCUT2D eigenvalue weighted by Crippen LogP contribution is -2.10. The molecule has 5 heteroatoms. The Morgan fingerprint density at radius 3 is 2.33 bits per heavy atom. The standard InChI is InChI=1S/C25H20Cl2O3/c1-25(2,3)17-6-4-15(5-7-17)23-13-16(24(28)30-23)12-19-9-11-22(29-19)20-10-8-18(26)14-21(20)27/h4-14H,1-3H3/b16-12+. The number of furan rings is 1. The number of hydrogen-bond acceptors (Lipinski definition) is 3. The van der Waals surface area contributed by atoms with Gasteiger partial charge in [-0.25, -0.2) is 4.79 Å². The van der Waals surface area contributed by atoms with Gasteiger partial charge < -0.3 is 9.15 Å². The molecule has 1 aliphatic rings. The summed E-state index contributed by atoms with van der Waals surface area (Å²) in [5, 5.41) is 1.05. The summed E-state index contributed by atoms with van der Waals surface area (Å²) in [6.45, 7) is 6.48. The molecule has 0 saturated heterocycles. The van der Waals surface area contributed by atoms with Crippen LogP contribution in [0, 0.1) is 0 Å². The molecule has 0 radical (unpaired) electrons. The molecule has 1 aliphatic heterocycles. The topological polar surface area (TPSA) is 39.4 Å². The second-order valence-corrected chi connectivity index (χ2v) is 8.99. The van der Waals surface area contributed by atoms with Crippen molar-refractivity contribution in [2.24, 2.45) is 0 Å². The Morgan fingerprint density at radius 2 is 1.67 bits per heavy atom. The molecule has 0 amide bonds. The average Bonchev–Trinajstić information content (AvgIpc) is 3.28. The largest absolute Gasteiger partial charge is 0.457 e. The molecule has 2 aromatic carbocycles. The zero-order valence-electron chi connectivity index (χ0n) is 16.8. The van der Waals surface area contributed by atoms with Gasteiger partial charge >= 0.3 is 5.97 Å². The molecule has 30 heavy (non-hydrogen) atoms. The fourth-order valence-electron chi connectivity index (χ4n) is 3.18. The van der Waals surface area contributed by atoms with Crippen LogP contribution in [0.15, 0.2) is 70.7 Å². The fourth-order valence-corrected chi connectivity index (χ4v) is 3.69. The van der Waals surface area contributed by atoms with Gasteiger partial charge in [-0.05, 0) is 53.5 Å². The van der Waals surface area contributed by atoms with Gasteiger partial charge in [-0.2, -0.15) is 0 Å². The second-order valence-electron chi connectivity index (χ2n) is 8.15. The van der Waals surface area contributed by atoms with Crippen LogP contribution in [0.2, 0.25) is 10.0 Å². The van der Waals surface area contributed by atoms with Gasteiger partial charge in [0.25, 0.3) is 0 Å². The average molecular weight is 439 g/mol. The van der Waals surface area contributed by atoms with E-state index in [0.717, 1.165) is 11.1 Å². The summed E-state index contributed by atoms with van der Waals surface area (Å²) in [7, 11) is 0. The van der Waals surface area contributed by atoms with E-state index in [4.69, 9.17) is 32.4 Å². The third-order valence-corrected chi connectivity index (χ3v) is 5.43. The quantitative estimate of drug-likeness (QED) is 0.313. The molecule has 0 fully saturated rings. The minimum atomic E-state index is -0.410. The van der Waals surface area contributed by atoms with E-state index in [0.29, 0.717) is 32.9 Å². The van der Waals surface area contributed by atoms with Crippen LogP contribution in [0.1, 0.15) is 37.7 Å². The fraction of sp³-hybridized carbons (Fsp3) is 0.160. The van der Waals surface area contributed by atoms with Crippen molar-refractivity contribution in [3.05, 3.63) is 93.2 Å². The van der Waals surface area contributed by atoms with Crippen molar-refractivity contribution in [2.45, 2.75) is 26.2 Å². The first-order valence-corrected chi connectivity index (χ1v) is 10.3. The molecular formula is C25H20Cl2O3. The maximum absolute atomic E-state index is 12.3. The van der Waals surface area contributed by atoms with E-state index in [1.807, 2.05) is 12.1 Å². The molecule has 4 rings (SSSR count). The van der Waals surface area contributed by atoms with E-state index in [-0.39, 0.29) is 5.41 Å². The summed E-state index contributed by atoms with van der Waals surface area (Å²) >= 11 is 12.2. The number of halogens is 2. The lowest BCUT2D eigenvalue weighted by molar-refractivity contribution is -0.130. The van der Waals surface area contributed by atoms with Crippen LogP contribution >= 0.6 is 23.2 Å². The minimum Gasteiger partial charge on any atom is -0.457 e. The zero-order valence-corrected chi connectivity index (χ0v) is 18.3. The Hall–Kier alpha value is -2.75. The summed E-state index contributed by atoms with van der Waals surface area (Å²) in [5.74, 6) is 1.24. The van der Waals surface area contributed by atoms with E-state index in [1.165, 1.54) is 5.56 Å². The number of esters is 1. The van der Waals surface area contributed by atoms with Crippen molar-refractivity contribution in [2.75, 3.05) is 0 Å². The predicted octanol–water partition coefficient (Wildman–Crippen LogP) is 7.53. The Kier molecular flexibility index (Phi) is 5.35. The highest BCUT2D eigenvalue weighted by Gasteiger charge is 2.23. The maximum atomic E-state index is 12.3. The number of ether oxygens (including phenoxy) is 1. The molecule has 0 saturated carbocycles. The van der Waals surface area contributed by atoms with E-state index in [1.54, 1.807) is 42.5 Å². The van der Waals surface area contributed by atoms with Gasteiger partial charge in [-0.1, -0.05) is 68.2 Å². The minimum absolute atomic E-state index is 0.0638. The number of hydrogen-bond donors (Lipinski definition) is 0. The molecule has 3 nitrogen and oxygen atoms in total. The second kappa shape index (κ2) is 7.82. The molecule has 0 unspecified atom stereocenters. The van der Waals surface area contributed by atoms with E-state index < -0.39 is 5.97 Å². The van der Waals surface area contributed by atoms with Crippen LogP contribution in [-0.4, -0.2) is 5.97 Å². The van der Waals surface area contributed by atoms with E-state index in [9.17, 15) is 4.79 Å². The molecule has 0 bridgehead atoms. The van der Waals surface area contributed by atoms with Crippen LogP contribution in [0.3, 0.4) is 0 Å². The van der Waals surface area contributed by atoms with Gasteiger partial charge in [0, 0.05) is 16.1 Å². The summed E-state index contributed by atoms with van der Waals surface area (Å²) in [5.41, 5.74) is 3.29. The molecule has 2 heterocycles. The Morgan fingerprint density at radius 1 is 0.933 bits per heavy atom. The highest BCUT2D eigenvalue weighted by Crippen LogP contribution is 2.33. The van der Waals surface area contributed by atoms with Crippen molar-refractivity contribution in [1.82, 2.24) is 0 Å². The predicted molar refractivity (Wildman–Crippen MR) is 121 cm³/mol. The lowest BCUT2D eigenvalue weighted by atomic mass is 9.86. The van der Waals surface area contributed by atoms with Gasteiger partial charge in [0.2, 0.25) is 0 Å². The Bertz CT molecular complexity index is 1180. The van der Waals surface area contributed by atoms with Crippen LogP contribution < -0.4 is 0 Å². The number of rotatable bonds is 3. The van der Waals surface area contributed by atoms with Crippen LogP contribution in [0.25, 0.3) is 23.2 Å². The Balaban J connectivity index is 1.59. The molecule has 3 aromatic rings. The van der Waals surface area contributed by atoms with Crippen LogP contribution in [-0.2, 0) is 14.9 Å². The monoisotopic (exact) mass is 438 g/mol. The number of benzene rings is 2. The van der Waals surface area contributed by atoms with Crippen molar-refractivity contribution in [3.8, 4) is 11.3 Å². The Labute approximate surface area is 185 Å². The first-order chi connectivity index (χ1) is 14.2. The van der Waals surface area contributed by atoms with Gasteiger partial charge in [-0.15, -0.1) is 0 Å². The van der Waals surface area contributed by atoms with Crippen LogP contribution in [0.4, 0.5) is 0 Å². The number of carbonyl (C=O) groups is 1. The van der Waals surface area contributed by atoms with Gasteiger partial charge in [0.1, 0.15) is 17.3 Å². The molecule has 0 N–H and O–H groups in total. The molecule has 0 aliphatic carbocycles. The molecule has 1 aromatic heterocycles. The molecule has 0 atom stereocenters. The summed E-state index contributed by atoms with van der Waals surface area (Å²) in [4.78, 5) is 12.3. The highest BCUT2D eigenvalue weighted by molar-refractivity contribution is 6.36. The van der Waals surface area contributed by atoms with Crippen molar-refractivity contribution in [3.63, 3.8) is 0 Å². The first-order valence-electron chi connectivity index (χ1n) is 9.52. The van der Waals surface area contributed by atoms with E-state index >= 15 is 0 Å². The van der Waals surface area contributed by atoms with Crippen LogP contribution in [0.5, 0.6) is 0 Å². The molecule has 152 valence electrons. The van der Waals surface area contributed by atoms with Gasteiger partial charge in [0.15, 0.2) is 0 Å². The number of cyclic esters (lactones) is 1. The summed E-state index contributed by atoms with van der Waals surface area (Å²) in [6.07, 6.45) is 3.39. The first kappa shape index (κ1) is 20.5. The lowest BCUT2D eigenvalue weighted by Gasteiger charge is -2.19. The summed E-state index contributed by atoms with van der Waals surface area (Å²) < 4.78 is 11.3. The van der Waals surface area contributed by atoms with Gasteiger partial charge in [-0.3, -0.25) is 0 Å². The van der Waals surface area contributed by atoms with Crippen molar-refractivity contribution < 1.29 is 13.9 Å². The maximum Gasteiger partial charge on any atom is 0.343 e. The van der Waals surface area contributed by atoms with Crippen molar-refractivity contribution >= 4 is 41.0 Å². The SMILES string of the molecule is CC(C)(C)c1ccc(C2=C/C(=C\c3ccc(-c4ccc(Cl)cc4Cl)o3)C(=O)O2)cc1. The highest BCUT2D eigenvalue weighted by atomic mass is 35.5. The molecular weight excluding hydrogens is 419 g/mol. The summed E-state index contributed by atoms with van der Waals surface area (Å²) in [6, 6.07) is 16.8. The number of carbonyl (C=O) groups excluding carboxylic acids is 1. The van der Waals surface area contributed by atoms with Crippen molar-refractivity contribution in [1.29, 1.82) is 0 Å². The zero-order chi connectivity index (χ0) is 21.5. The smallest absolute Gasteiger partial charge is 0.343 e. The molecule has 0 spiro atoms. The van der Waals surface area contributed by atoms with E-state index in [2.05, 4.69) is 32.9 Å². The third kappa shape index (κ3) is 4.23. The third-order valence-electron chi connectivity index (χ3n) is 4.88.